The van der Waals surface area contributed by atoms with Crippen LogP contribution in [0.4, 0.5) is 5.69 Å². The molecule has 0 aliphatic rings. The van der Waals surface area contributed by atoms with Crippen LogP contribution >= 0.6 is 23.2 Å². The molecule has 0 radical (unpaired) electrons. The predicted octanol–water partition coefficient (Wildman–Crippen LogP) is 4.45. The first-order chi connectivity index (χ1) is 12.4. The summed E-state index contributed by atoms with van der Waals surface area (Å²) in [6, 6.07) is 14.5. The lowest BCUT2D eigenvalue weighted by atomic mass is 10.1. The van der Waals surface area contributed by atoms with Gasteiger partial charge in [0.25, 0.3) is 0 Å². The van der Waals surface area contributed by atoms with Crippen molar-refractivity contribution in [2.75, 3.05) is 5.32 Å². The molecule has 0 heterocycles. The van der Waals surface area contributed by atoms with Crippen LogP contribution in [-0.4, -0.2) is 17.5 Å². The largest absolute Gasteiger partial charge is 0.324 e. The Labute approximate surface area is 162 Å². The van der Waals surface area contributed by atoms with Gasteiger partial charge in [-0.3, -0.25) is 9.59 Å². The van der Waals surface area contributed by atoms with Gasteiger partial charge in [0, 0.05) is 17.2 Å². The van der Waals surface area contributed by atoms with Gasteiger partial charge < -0.3 is 5.32 Å². The molecule has 0 aliphatic heterocycles. The van der Waals surface area contributed by atoms with Crippen molar-refractivity contribution in [3.63, 3.8) is 0 Å². The fourth-order valence-corrected chi connectivity index (χ4v) is 2.63. The van der Waals surface area contributed by atoms with Crippen molar-refractivity contribution in [2.24, 2.45) is 5.10 Å². The summed E-state index contributed by atoms with van der Waals surface area (Å²) in [4.78, 5) is 23.8. The molecule has 5 nitrogen and oxygen atoms in total. The molecule has 0 bridgehead atoms. The van der Waals surface area contributed by atoms with E-state index in [4.69, 9.17) is 23.2 Å². The monoisotopic (exact) mass is 391 g/mol. The van der Waals surface area contributed by atoms with Crippen LogP contribution in [0.15, 0.2) is 53.6 Å². The number of rotatable bonds is 7. The minimum absolute atomic E-state index is 0.0396. The summed E-state index contributed by atoms with van der Waals surface area (Å²) in [7, 11) is 0. The van der Waals surface area contributed by atoms with E-state index >= 15 is 0 Å². The Morgan fingerprint density at radius 3 is 2.46 bits per heavy atom. The van der Waals surface area contributed by atoms with Gasteiger partial charge in [-0.2, -0.15) is 5.10 Å². The Bertz CT molecular complexity index is 808. The van der Waals surface area contributed by atoms with Crippen molar-refractivity contribution >= 4 is 46.4 Å². The Morgan fingerprint density at radius 1 is 1.04 bits per heavy atom. The smallest absolute Gasteiger partial charge is 0.240 e. The van der Waals surface area contributed by atoms with Crippen molar-refractivity contribution in [3.05, 3.63) is 64.1 Å². The molecule has 0 atom stereocenters. The Kier molecular flexibility index (Phi) is 7.63. The Balaban J connectivity index is 1.77. The summed E-state index contributed by atoms with van der Waals surface area (Å²) < 4.78 is 0. The molecule has 2 amide bonds. The lowest BCUT2D eigenvalue weighted by molar-refractivity contribution is -0.121. The molecule has 7 heteroatoms. The first kappa shape index (κ1) is 19.9. The van der Waals surface area contributed by atoms with E-state index in [9.17, 15) is 9.59 Å². The van der Waals surface area contributed by atoms with Gasteiger partial charge in [0.15, 0.2) is 0 Å². The highest BCUT2D eigenvalue weighted by atomic mass is 35.5. The second-order valence-electron chi connectivity index (χ2n) is 5.72. The standard InChI is InChI=1S/C19H19Cl2N3O2/c1-13(11-19(26)22-17-9-8-15(20)12-16(17)21)23-24-18(25)10-7-14-5-3-2-4-6-14/h2-6,8-9,12H,7,10-11H2,1H3,(H,22,26)(H,24,25)/b23-13-. The van der Waals surface area contributed by atoms with E-state index in [-0.39, 0.29) is 18.2 Å². The fraction of sp³-hybridized carbons (Fsp3) is 0.211. The minimum Gasteiger partial charge on any atom is -0.324 e. The van der Waals surface area contributed by atoms with Crippen LogP contribution in [0.2, 0.25) is 10.0 Å². The topological polar surface area (TPSA) is 70.6 Å². The zero-order valence-corrected chi connectivity index (χ0v) is 15.8. The van der Waals surface area contributed by atoms with Gasteiger partial charge in [-0.15, -0.1) is 0 Å². The van der Waals surface area contributed by atoms with Crippen molar-refractivity contribution in [2.45, 2.75) is 26.2 Å². The van der Waals surface area contributed by atoms with Crippen LogP contribution in [0.25, 0.3) is 0 Å². The Hall–Kier alpha value is -2.37. The SMILES string of the molecule is C/C(CC(=O)Nc1ccc(Cl)cc1Cl)=N/NC(=O)CCc1ccccc1. The number of carbonyl (C=O) groups excluding carboxylic acids is 2. The van der Waals surface area contributed by atoms with E-state index in [2.05, 4.69) is 15.8 Å². The van der Waals surface area contributed by atoms with Gasteiger partial charge in [0.05, 0.1) is 17.1 Å². The van der Waals surface area contributed by atoms with Gasteiger partial charge in [-0.05, 0) is 37.1 Å². The average molecular weight is 392 g/mol. The number of anilines is 1. The highest BCUT2D eigenvalue weighted by Gasteiger charge is 2.08. The summed E-state index contributed by atoms with van der Waals surface area (Å²) in [5, 5.41) is 7.48. The van der Waals surface area contributed by atoms with Crippen molar-refractivity contribution < 1.29 is 9.59 Å². The molecule has 26 heavy (non-hydrogen) atoms. The van der Waals surface area contributed by atoms with E-state index < -0.39 is 0 Å². The summed E-state index contributed by atoms with van der Waals surface area (Å²) in [5.41, 5.74) is 4.51. The number of amides is 2. The first-order valence-electron chi connectivity index (χ1n) is 8.05. The number of nitrogens with zero attached hydrogens (tertiary/aromatic N) is 1. The van der Waals surface area contributed by atoms with Crippen molar-refractivity contribution in [1.82, 2.24) is 5.43 Å². The number of aryl methyl sites for hydroxylation is 1. The molecular weight excluding hydrogens is 373 g/mol. The summed E-state index contributed by atoms with van der Waals surface area (Å²) in [5.74, 6) is -0.483. The molecule has 136 valence electrons. The van der Waals surface area contributed by atoms with Gasteiger partial charge in [0.2, 0.25) is 11.8 Å². The Morgan fingerprint density at radius 2 is 1.77 bits per heavy atom. The summed E-state index contributed by atoms with van der Waals surface area (Å²) in [6.07, 6.45) is 1.00. The molecule has 2 aromatic carbocycles. The number of halogens is 2. The molecule has 2 aromatic rings. The second kappa shape index (κ2) is 9.94. The first-order valence-corrected chi connectivity index (χ1v) is 8.80. The van der Waals surface area contributed by atoms with E-state index in [1.54, 1.807) is 25.1 Å². The molecular formula is C19H19Cl2N3O2. The quantitative estimate of drug-likeness (QED) is 0.540. The third-order valence-corrected chi connectivity index (χ3v) is 4.02. The predicted molar refractivity (Wildman–Crippen MR) is 106 cm³/mol. The number of carbonyl (C=O) groups is 2. The molecule has 0 spiro atoms. The highest BCUT2D eigenvalue weighted by molar-refractivity contribution is 6.36. The van der Waals surface area contributed by atoms with Gasteiger partial charge >= 0.3 is 0 Å². The number of hydrazone groups is 1. The third kappa shape index (κ3) is 6.86. The maximum absolute atomic E-state index is 12.0. The molecule has 0 saturated heterocycles. The minimum atomic E-state index is -0.283. The maximum Gasteiger partial charge on any atom is 0.240 e. The van der Waals surface area contributed by atoms with Crippen LogP contribution in [0.5, 0.6) is 0 Å². The lowest BCUT2D eigenvalue weighted by Gasteiger charge is -2.07. The van der Waals surface area contributed by atoms with E-state index in [1.165, 1.54) is 0 Å². The molecule has 0 fully saturated rings. The van der Waals surface area contributed by atoms with Crippen LogP contribution in [0.1, 0.15) is 25.3 Å². The normalized spacial score (nSPS) is 11.1. The van der Waals surface area contributed by atoms with E-state index in [0.717, 1.165) is 5.56 Å². The molecule has 2 rings (SSSR count). The van der Waals surface area contributed by atoms with Crippen molar-refractivity contribution in [3.8, 4) is 0 Å². The van der Waals surface area contributed by atoms with E-state index in [1.807, 2.05) is 30.3 Å². The maximum atomic E-state index is 12.0. The average Bonchev–Trinajstić information content (AvgIpc) is 2.61. The van der Waals surface area contributed by atoms with Gasteiger partial charge in [-0.25, -0.2) is 5.43 Å². The molecule has 0 aromatic heterocycles. The number of nitrogens with one attached hydrogen (secondary N) is 2. The van der Waals surface area contributed by atoms with Crippen LogP contribution in [0.3, 0.4) is 0 Å². The number of hydrogen-bond donors (Lipinski definition) is 2. The zero-order valence-electron chi connectivity index (χ0n) is 14.3. The molecule has 0 unspecified atom stereocenters. The highest BCUT2D eigenvalue weighted by Crippen LogP contribution is 2.25. The molecule has 0 saturated carbocycles. The van der Waals surface area contributed by atoms with Crippen molar-refractivity contribution in [1.29, 1.82) is 0 Å². The van der Waals surface area contributed by atoms with Crippen LogP contribution in [-0.2, 0) is 16.0 Å². The third-order valence-electron chi connectivity index (χ3n) is 3.48. The van der Waals surface area contributed by atoms with Gasteiger partial charge in [0.1, 0.15) is 0 Å². The second-order valence-corrected chi connectivity index (χ2v) is 6.56. The lowest BCUT2D eigenvalue weighted by Crippen LogP contribution is -2.21. The van der Waals surface area contributed by atoms with E-state index in [0.29, 0.717) is 34.3 Å². The van der Waals surface area contributed by atoms with Gasteiger partial charge in [-0.1, -0.05) is 53.5 Å². The van der Waals surface area contributed by atoms with Crippen LogP contribution < -0.4 is 10.7 Å². The zero-order chi connectivity index (χ0) is 18.9. The number of hydrogen-bond acceptors (Lipinski definition) is 3. The van der Waals surface area contributed by atoms with Crippen LogP contribution in [0, 0.1) is 0 Å². The summed E-state index contributed by atoms with van der Waals surface area (Å²) in [6.45, 7) is 1.67. The number of benzene rings is 2. The molecule has 0 aliphatic carbocycles. The summed E-state index contributed by atoms with van der Waals surface area (Å²) >= 11 is 11.8. The fourth-order valence-electron chi connectivity index (χ4n) is 2.17. The molecule has 2 N–H and O–H groups in total.